The first-order valence-electron chi connectivity index (χ1n) is 6.24. The molecule has 2 N–H and O–H groups in total. The van der Waals surface area contributed by atoms with Crippen LogP contribution in [-0.4, -0.2) is 16.1 Å². The standard InChI is InChI=1S/C15H12BrN3O2/c1-2-12-5-10(15(20)21)6-14(18-12)19-13-7-11(16)4-3-9(13)8-17/h3-7H,2H2,1H3,(H,18,19)(H,20,21). The Labute approximate surface area is 130 Å². The highest BCUT2D eigenvalue weighted by Crippen LogP contribution is 2.24. The number of hydrogen-bond donors (Lipinski definition) is 2. The number of nitriles is 1. The number of carboxylic acids is 1. The zero-order valence-corrected chi connectivity index (χ0v) is 12.8. The summed E-state index contributed by atoms with van der Waals surface area (Å²) in [7, 11) is 0. The number of benzene rings is 1. The van der Waals surface area contributed by atoms with E-state index in [0.717, 1.165) is 4.47 Å². The Balaban J connectivity index is 2.44. The average molecular weight is 346 g/mol. The van der Waals surface area contributed by atoms with E-state index in [1.807, 2.05) is 6.92 Å². The molecule has 0 saturated carbocycles. The molecule has 1 aromatic carbocycles. The van der Waals surface area contributed by atoms with E-state index >= 15 is 0 Å². The molecule has 0 bridgehead atoms. The van der Waals surface area contributed by atoms with Gasteiger partial charge in [-0.05, 0) is 36.8 Å². The van der Waals surface area contributed by atoms with Crippen molar-refractivity contribution >= 4 is 33.4 Å². The van der Waals surface area contributed by atoms with Crippen LogP contribution in [0.25, 0.3) is 0 Å². The predicted octanol–water partition coefficient (Wildman–Crippen LogP) is 3.72. The van der Waals surface area contributed by atoms with Crippen LogP contribution in [0.15, 0.2) is 34.8 Å². The topological polar surface area (TPSA) is 86.0 Å². The Kier molecular flexibility index (Phi) is 4.55. The van der Waals surface area contributed by atoms with Crippen LogP contribution in [0.2, 0.25) is 0 Å². The minimum absolute atomic E-state index is 0.165. The van der Waals surface area contributed by atoms with E-state index in [2.05, 4.69) is 32.3 Å². The smallest absolute Gasteiger partial charge is 0.335 e. The van der Waals surface area contributed by atoms with Crippen molar-refractivity contribution in [1.29, 1.82) is 5.26 Å². The number of carbonyl (C=O) groups is 1. The molecule has 0 aliphatic rings. The van der Waals surface area contributed by atoms with Crippen LogP contribution in [0.3, 0.4) is 0 Å². The predicted molar refractivity (Wildman–Crippen MR) is 82.7 cm³/mol. The van der Waals surface area contributed by atoms with E-state index in [0.29, 0.717) is 29.2 Å². The minimum atomic E-state index is -1.01. The third kappa shape index (κ3) is 3.58. The molecule has 1 heterocycles. The van der Waals surface area contributed by atoms with Crippen molar-refractivity contribution in [3.8, 4) is 6.07 Å². The summed E-state index contributed by atoms with van der Waals surface area (Å²) in [5.74, 6) is -0.605. The molecule has 0 aliphatic carbocycles. The summed E-state index contributed by atoms with van der Waals surface area (Å²) in [6, 6.07) is 10.3. The summed E-state index contributed by atoms with van der Waals surface area (Å²) in [5, 5.41) is 21.2. The summed E-state index contributed by atoms with van der Waals surface area (Å²) in [5.41, 5.74) is 1.87. The Hall–Kier alpha value is -2.39. The third-order valence-corrected chi connectivity index (χ3v) is 3.35. The largest absolute Gasteiger partial charge is 0.478 e. The van der Waals surface area contributed by atoms with E-state index in [1.54, 1.807) is 24.3 Å². The first-order valence-corrected chi connectivity index (χ1v) is 7.03. The fourth-order valence-corrected chi connectivity index (χ4v) is 2.17. The second-order valence-corrected chi connectivity index (χ2v) is 5.23. The number of carboxylic acid groups (broad SMARTS) is 1. The molecule has 2 rings (SSSR count). The lowest BCUT2D eigenvalue weighted by molar-refractivity contribution is 0.0696. The van der Waals surface area contributed by atoms with Crippen molar-refractivity contribution in [3.05, 3.63) is 51.6 Å². The molecule has 1 aromatic heterocycles. The van der Waals surface area contributed by atoms with E-state index in [1.165, 1.54) is 6.07 Å². The van der Waals surface area contributed by atoms with Gasteiger partial charge in [-0.3, -0.25) is 0 Å². The van der Waals surface area contributed by atoms with Crippen LogP contribution in [0, 0.1) is 11.3 Å². The maximum Gasteiger partial charge on any atom is 0.335 e. The van der Waals surface area contributed by atoms with Crippen molar-refractivity contribution in [2.75, 3.05) is 5.32 Å². The molecule has 0 atom stereocenters. The number of aryl methyl sites for hydroxylation is 1. The SMILES string of the molecule is CCc1cc(C(=O)O)cc(Nc2cc(Br)ccc2C#N)n1. The Bertz CT molecular complexity index is 738. The number of pyridine rings is 1. The molecule has 0 saturated heterocycles. The summed E-state index contributed by atoms with van der Waals surface area (Å²) in [4.78, 5) is 15.5. The Morgan fingerprint density at radius 2 is 2.19 bits per heavy atom. The first kappa shape index (κ1) is 15.0. The third-order valence-electron chi connectivity index (χ3n) is 2.85. The molecule has 0 aliphatic heterocycles. The molecule has 21 heavy (non-hydrogen) atoms. The van der Waals surface area contributed by atoms with Crippen molar-refractivity contribution in [3.63, 3.8) is 0 Å². The minimum Gasteiger partial charge on any atom is -0.478 e. The van der Waals surface area contributed by atoms with Crippen molar-refractivity contribution in [1.82, 2.24) is 4.98 Å². The summed E-state index contributed by atoms with van der Waals surface area (Å²) in [6.45, 7) is 1.90. The van der Waals surface area contributed by atoms with Crippen molar-refractivity contribution in [2.24, 2.45) is 0 Å². The number of anilines is 2. The van der Waals surface area contributed by atoms with Crippen molar-refractivity contribution in [2.45, 2.75) is 13.3 Å². The normalized spacial score (nSPS) is 9.95. The zero-order valence-electron chi connectivity index (χ0n) is 11.2. The summed E-state index contributed by atoms with van der Waals surface area (Å²) >= 11 is 3.34. The van der Waals surface area contributed by atoms with Gasteiger partial charge in [0.15, 0.2) is 0 Å². The van der Waals surface area contributed by atoms with Gasteiger partial charge in [0.25, 0.3) is 0 Å². The fraction of sp³-hybridized carbons (Fsp3) is 0.133. The van der Waals surface area contributed by atoms with Crippen LogP contribution in [0.5, 0.6) is 0 Å². The summed E-state index contributed by atoms with van der Waals surface area (Å²) in [6.07, 6.45) is 0.624. The maximum absolute atomic E-state index is 11.1. The van der Waals surface area contributed by atoms with Crippen LogP contribution in [0.1, 0.15) is 28.5 Å². The molecule has 0 radical (unpaired) electrons. The second-order valence-electron chi connectivity index (χ2n) is 4.32. The van der Waals surface area contributed by atoms with Crippen LogP contribution >= 0.6 is 15.9 Å². The number of rotatable bonds is 4. The van der Waals surface area contributed by atoms with Gasteiger partial charge in [0, 0.05) is 10.2 Å². The number of nitrogens with zero attached hydrogens (tertiary/aromatic N) is 2. The van der Waals surface area contributed by atoms with Gasteiger partial charge in [0.1, 0.15) is 11.9 Å². The lowest BCUT2D eigenvalue weighted by atomic mass is 10.1. The van der Waals surface area contributed by atoms with Gasteiger partial charge in [-0.15, -0.1) is 0 Å². The molecule has 106 valence electrons. The van der Waals surface area contributed by atoms with E-state index in [-0.39, 0.29) is 5.56 Å². The molecular formula is C15H12BrN3O2. The molecule has 5 nitrogen and oxygen atoms in total. The van der Waals surface area contributed by atoms with Gasteiger partial charge >= 0.3 is 5.97 Å². The van der Waals surface area contributed by atoms with E-state index in [9.17, 15) is 4.79 Å². The number of aromatic nitrogens is 1. The highest BCUT2D eigenvalue weighted by Gasteiger charge is 2.10. The first-order chi connectivity index (χ1) is 10.0. The highest BCUT2D eigenvalue weighted by molar-refractivity contribution is 9.10. The van der Waals surface area contributed by atoms with Gasteiger partial charge in [0.05, 0.1) is 16.8 Å². The number of aromatic carboxylic acids is 1. The number of nitrogens with one attached hydrogen (secondary N) is 1. The van der Waals surface area contributed by atoms with Gasteiger partial charge in [-0.2, -0.15) is 5.26 Å². The zero-order chi connectivity index (χ0) is 15.4. The van der Waals surface area contributed by atoms with Gasteiger partial charge in [0.2, 0.25) is 0 Å². The van der Waals surface area contributed by atoms with E-state index < -0.39 is 5.97 Å². The van der Waals surface area contributed by atoms with Gasteiger partial charge in [-0.1, -0.05) is 22.9 Å². The monoisotopic (exact) mass is 345 g/mol. The quantitative estimate of drug-likeness (QED) is 0.881. The van der Waals surface area contributed by atoms with Crippen molar-refractivity contribution < 1.29 is 9.90 Å². The molecule has 0 spiro atoms. The lowest BCUT2D eigenvalue weighted by Gasteiger charge is -2.10. The number of halogens is 1. The fourth-order valence-electron chi connectivity index (χ4n) is 1.81. The second kappa shape index (κ2) is 6.37. The molecule has 0 fully saturated rings. The van der Waals surface area contributed by atoms with Gasteiger partial charge in [-0.25, -0.2) is 9.78 Å². The molecule has 2 aromatic rings. The van der Waals surface area contributed by atoms with E-state index in [4.69, 9.17) is 10.4 Å². The lowest BCUT2D eigenvalue weighted by Crippen LogP contribution is -2.04. The average Bonchev–Trinajstić information content (AvgIpc) is 2.47. The number of hydrogen-bond acceptors (Lipinski definition) is 4. The summed E-state index contributed by atoms with van der Waals surface area (Å²) < 4.78 is 0.814. The molecule has 0 amide bonds. The Morgan fingerprint density at radius 1 is 1.43 bits per heavy atom. The van der Waals surface area contributed by atoms with Crippen LogP contribution < -0.4 is 5.32 Å². The highest BCUT2D eigenvalue weighted by atomic mass is 79.9. The van der Waals surface area contributed by atoms with Crippen LogP contribution in [0.4, 0.5) is 11.5 Å². The van der Waals surface area contributed by atoms with Gasteiger partial charge < -0.3 is 10.4 Å². The molecule has 0 unspecified atom stereocenters. The maximum atomic E-state index is 11.1. The molecular weight excluding hydrogens is 334 g/mol. The molecule has 6 heteroatoms. The Morgan fingerprint density at radius 3 is 2.81 bits per heavy atom. The van der Waals surface area contributed by atoms with Crippen LogP contribution in [-0.2, 0) is 6.42 Å².